The number of carbonyl (C=O) groups excluding carboxylic acids is 9. The lowest BCUT2D eigenvalue weighted by atomic mass is 9.81. The number of cyclic esters (lactones) is 1. The van der Waals surface area contributed by atoms with Gasteiger partial charge in [0, 0.05) is 106 Å². The maximum absolute atomic E-state index is 15.5. The number of esters is 1. The molecular formula is C58H67FN8O13. The van der Waals surface area contributed by atoms with Crippen molar-refractivity contribution in [2.24, 2.45) is 0 Å². The number of Topliss-reactive ketones (excluding diaryl/α,β-unsaturated/α-hetero) is 2. The summed E-state index contributed by atoms with van der Waals surface area (Å²) in [5.41, 5.74) is 2.26. The Labute approximate surface area is 460 Å². The number of amides is 6. The van der Waals surface area contributed by atoms with E-state index in [1.54, 1.807) is 44.2 Å². The molecule has 1 aliphatic carbocycles. The lowest BCUT2D eigenvalue weighted by molar-refractivity contribution is -0.172. The van der Waals surface area contributed by atoms with E-state index in [4.69, 9.17) is 9.72 Å². The summed E-state index contributed by atoms with van der Waals surface area (Å²) < 4.78 is 22.2. The lowest BCUT2D eigenvalue weighted by Crippen LogP contribution is -2.44. The van der Waals surface area contributed by atoms with Gasteiger partial charge in [-0.25, -0.2) is 14.2 Å². The van der Waals surface area contributed by atoms with E-state index in [2.05, 4.69) is 21.3 Å². The van der Waals surface area contributed by atoms with Gasteiger partial charge in [-0.1, -0.05) is 43.7 Å². The Kier molecular flexibility index (Phi) is 18.9. The molecule has 0 spiro atoms. The van der Waals surface area contributed by atoms with Gasteiger partial charge in [0.2, 0.25) is 23.6 Å². The number of rotatable bonds is 28. The van der Waals surface area contributed by atoms with Gasteiger partial charge in [0.25, 0.3) is 17.4 Å². The molecule has 0 fully saturated rings. The summed E-state index contributed by atoms with van der Waals surface area (Å²) in [5, 5.41) is 33.2. The molecule has 6 N–H and O–H groups in total. The number of fused-ring (bicyclic) bond motifs is 5. The minimum absolute atomic E-state index is 0.00997. The molecule has 21 nitrogen and oxygen atoms in total. The maximum atomic E-state index is 15.5. The summed E-state index contributed by atoms with van der Waals surface area (Å²) in [6.45, 7) is 3.64. The summed E-state index contributed by atoms with van der Waals surface area (Å²) >= 11 is 0. The fraction of sp³-hybridized carbons (Fsp3) is 0.466. The van der Waals surface area contributed by atoms with Crippen LogP contribution in [-0.4, -0.2) is 134 Å². The molecule has 2 aromatic carbocycles. The van der Waals surface area contributed by atoms with Gasteiger partial charge in [0.15, 0.2) is 17.2 Å². The van der Waals surface area contributed by atoms with Crippen LogP contribution in [0.15, 0.2) is 59.4 Å². The number of pyridine rings is 2. The predicted molar refractivity (Wildman–Crippen MR) is 287 cm³/mol. The number of hydrogen-bond donors (Lipinski definition) is 6. The van der Waals surface area contributed by atoms with Crippen LogP contribution in [0.2, 0.25) is 0 Å². The van der Waals surface area contributed by atoms with Crippen molar-refractivity contribution in [3.63, 3.8) is 0 Å². The van der Waals surface area contributed by atoms with Crippen LogP contribution in [0, 0.1) is 12.7 Å². The summed E-state index contributed by atoms with van der Waals surface area (Å²) in [7, 11) is 0. The number of benzene rings is 2. The molecule has 0 bridgehead atoms. The van der Waals surface area contributed by atoms with Crippen molar-refractivity contribution in [1.82, 2.24) is 40.6 Å². The molecule has 2 aromatic heterocycles. The van der Waals surface area contributed by atoms with E-state index < -0.39 is 52.6 Å². The third kappa shape index (κ3) is 13.3. The van der Waals surface area contributed by atoms with E-state index in [-0.39, 0.29) is 151 Å². The van der Waals surface area contributed by atoms with Crippen LogP contribution in [-0.2, 0) is 79.5 Å². The van der Waals surface area contributed by atoms with Crippen molar-refractivity contribution < 1.29 is 62.5 Å². The average Bonchev–Trinajstić information content (AvgIpc) is 4.15. The van der Waals surface area contributed by atoms with Crippen LogP contribution in [0.1, 0.15) is 123 Å². The molecule has 0 saturated carbocycles. The molecule has 8 rings (SSSR count). The van der Waals surface area contributed by atoms with E-state index in [1.165, 1.54) is 22.8 Å². The van der Waals surface area contributed by atoms with Crippen molar-refractivity contribution in [2.45, 2.75) is 128 Å². The SMILES string of the molecule is CC[C@@]1(O)C(=O)OCc2c1cc1n(c2=O)Cc2c-1nc1cc(F)c(C)c3c1c2C(NC(=O)CCN(CCO)CCNC(=O)CCC(=O)[C@H](Cc1ccccc1)NC(=O)CCC(=O)CNC(=O)CCCCCN1C(=O)C=CC1=O)CC3. The Bertz CT molecular complexity index is 3200. The van der Waals surface area contributed by atoms with Crippen molar-refractivity contribution in [1.29, 1.82) is 0 Å². The minimum Gasteiger partial charge on any atom is -0.458 e. The summed E-state index contributed by atoms with van der Waals surface area (Å²) in [5.74, 6) is -4.44. The highest BCUT2D eigenvalue weighted by atomic mass is 19.1. The normalized spacial score (nSPS) is 17.2. The molecule has 80 heavy (non-hydrogen) atoms. The fourth-order valence-corrected chi connectivity index (χ4v) is 10.9. The number of hydrogen-bond acceptors (Lipinski definition) is 15. The fourth-order valence-electron chi connectivity index (χ4n) is 10.9. The third-order valence-electron chi connectivity index (χ3n) is 15.4. The molecule has 0 saturated heterocycles. The monoisotopic (exact) mass is 1100 g/mol. The van der Waals surface area contributed by atoms with E-state index in [0.29, 0.717) is 71.1 Å². The zero-order valence-corrected chi connectivity index (χ0v) is 45.0. The standard InChI is InChI=1S/C58H67FN8O13/c1-3-58(79)40-29-45-55-38(32-67(45)56(77)39(40)33-80-57(58)78)54-42(15-14-37-34(2)41(59)30-44(64-55)53(37)54)62-50(74)21-24-65(26-27-68)25-22-60-48(72)18-16-46(70)43(28-35-10-6-4-7-11-35)63-49(73)17-13-36(69)31-61-47(71)12-8-5-9-23-66-51(75)19-20-52(66)76/h4,6-7,10-11,19-20,29-30,42-43,68,79H,3,5,8-9,12-18,21-28,31-33H2,1-2H3,(H,60,72)(H,61,71)(H,62,74)(H,63,73)/t42?,43-,58-/m0/s1. The molecule has 3 atom stereocenters. The van der Waals surface area contributed by atoms with Gasteiger partial charge in [-0.2, -0.15) is 0 Å². The number of carbonyl (C=O) groups is 9. The number of ketones is 2. The number of aryl methyl sites for hydroxylation is 1. The first-order chi connectivity index (χ1) is 38.4. The number of nitrogens with one attached hydrogen (secondary N) is 4. The number of unbranched alkanes of at least 4 members (excludes halogenated alkanes) is 2. The second-order valence-electron chi connectivity index (χ2n) is 20.7. The largest absolute Gasteiger partial charge is 0.458 e. The van der Waals surface area contributed by atoms with Gasteiger partial charge < -0.3 is 40.8 Å². The number of imide groups is 1. The number of nitrogens with zero attached hydrogens (tertiary/aromatic N) is 4. The zero-order valence-electron chi connectivity index (χ0n) is 45.0. The van der Waals surface area contributed by atoms with Crippen molar-refractivity contribution in [3.05, 3.63) is 110 Å². The van der Waals surface area contributed by atoms with Gasteiger partial charge in [-0.3, -0.25) is 53.0 Å². The lowest BCUT2D eigenvalue weighted by Gasteiger charge is -2.31. The Morgan fingerprint density at radius 1 is 0.850 bits per heavy atom. The molecule has 4 aromatic rings. The van der Waals surface area contributed by atoms with E-state index in [9.17, 15) is 58.2 Å². The van der Waals surface area contributed by atoms with E-state index in [1.807, 2.05) is 11.0 Å². The summed E-state index contributed by atoms with van der Waals surface area (Å²) in [6.07, 6.45) is 4.38. The quantitative estimate of drug-likeness (QED) is 0.0238. The zero-order chi connectivity index (χ0) is 57.3. The number of aliphatic hydroxyl groups excluding tert-OH is 1. The number of aliphatic hydroxyl groups is 2. The average molecular weight is 1100 g/mol. The first kappa shape index (κ1) is 58.3. The second kappa shape index (κ2) is 26.0. The molecule has 424 valence electrons. The first-order valence-electron chi connectivity index (χ1n) is 27.3. The molecule has 22 heteroatoms. The predicted octanol–water partition coefficient (Wildman–Crippen LogP) is 2.46. The van der Waals surface area contributed by atoms with Gasteiger partial charge in [-0.15, -0.1) is 0 Å². The van der Waals surface area contributed by atoms with Gasteiger partial charge in [0.05, 0.1) is 54.2 Å². The van der Waals surface area contributed by atoms with Crippen LogP contribution in [0.25, 0.3) is 22.3 Å². The molecular weight excluding hydrogens is 1040 g/mol. The van der Waals surface area contributed by atoms with Crippen LogP contribution < -0.4 is 26.8 Å². The third-order valence-corrected chi connectivity index (χ3v) is 15.4. The van der Waals surface area contributed by atoms with Gasteiger partial charge >= 0.3 is 5.97 Å². The van der Waals surface area contributed by atoms with Crippen LogP contribution in [0.3, 0.4) is 0 Å². The van der Waals surface area contributed by atoms with Crippen molar-refractivity contribution >= 4 is 63.9 Å². The second-order valence-corrected chi connectivity index (χ2v) is 20.7. The van der Waals surface area contributed by atoms with Crippen molar-refractivity contribution in [2.75, 3.05) is 45.9 Å². The van der Waals surface area contributed by atoms with Crippen molar-refractivity contribution in [3.8, 4) is 11.4 Å². The topological polar surface area (TPSA) is 293 Å². The molecule has 3 aliphatic heterocycles. The van der Waals surface area contributed by atoms with E-state index >= 15 is 4.39 Å². The molecule has 6 amide bonds. The highest BCUT2D eigenvalue weighted by Crippen LogP contribution is 2.46. The van der Waals surface area contributed by atoms with Gasteiger partial charge in [-0.05, 0) is 73.8 Å². The van der Waals surface area contributed by atoms with E-state index in [0.717, 1.165) is 16.0 Å². The Morgan fingerprint density at radius 3 is 2.33 bits per heavy atom. The molecule has 0 radical (unpaired) electrons. The summed E-state index contributed by atoms with van der Waals surface area (Å²) in [4.78, 5) is 136. The minimum atomic E-state index is -2.04. The highest BCUT2D eigenvalue weighted by Gasteiger charge is 2.46. The highest BCUT2D eigenvalue weighted by molar-refractivity contribution is 6.12. The molecule has 4 aliphatic rings. The van der Waals surface area contributed by atoms with Crippen LogP contribution in [0.4, 0.5) is 4.39 Å². The Morgan fingerprint density at radius 2 is 1.59 bits per heavy atom. The maximum Gasteiger partial charge on any atom is 0.343 e. The van der Waals surface area contributed by atoms with Crippen LogP contribution in [0.5, 0.6) is 0 Å². The molecule has 5 heterocycles. The Balaban J connectivity index is 0.804. The summed E-state index contributed by atoms with van der Waals surface area (Å²) in [6, 6.07) is 10.4. The number of aromatic nitrogens is 2. The number of halogens is 1. The smallest absolute Gasteiger partial charge is 0.343 e. The number of ether oxygens (including phenoxy) is 1. The first-order valence-corrected chi connectivity index (χ1v) is 27.3. The Hall–Kier alpha value is -7.82. The van der Waals surface area contributed by atoms with Gasteiger partial charge in [0.1, 0.15) is 12.4 Å². The molecule has 1 unspecified atom stereocenters. The van der Waals surface area contributed by atoms with Crippen LogP contribution >= 0.6 is 0 Å².